The van der Waals surface area contributed by atoms with E-state index in [2.05, 4.69) is 22.1 Å². The van der Waals surface area contributed by atoms with Crippen molar-refractivity contribution < 1.29 is 9.53 Å². The van der Waals surface area contributed by atoms with E-state index in [1.807, 2.05) is 0 Å². The number of H-pyrrole nitrogens is 1. The van der Waals surface area contributed by atoms with Crippen molar-refractivity contribution in [2.24, 2.45) is 5.92 Å². The highest BCUT2D eigenvalue weighted by molar-refractivity contribution is 5.94. The van der Waals surface area contributed by atoms with E-state index in [0.29, 0.717) is 12.5 Å². The maximum absolute atomic E-state index is 12.3. The number of nitrogens with zero attached hydrogens (tertiary/aromatic N) is 1. The fourth-order valence-electron chi connectivity index (χ4n) is 3.30. The lowest BCUT2D eigenvalue weighted by atomic mass is 9.87. The van der Waals surface area contributed by atoms with Crippen LogP contribution in [0.4, 0.5) is 0 Å². The summed E-state index contributed by atoms with van der Waals surface area (Å²) in [5.41, 5.74) is 2.07. The van der Waals surface area contributed by atoms with Gasteiger partial charge in [0.2, 0.25) is 0 Å². The number of carbonyl (C=O) groups is 1. The van der Waals surface area contributed by atoms with Crippen LogP contribution in [0.3, 0.4) is 0 Å². The third kappa shape index (κ3) is 4.00. The summed E-state index contributed by atoms with van der Waals surface area (Å²) >= 11 is 0. The average molecular weight is 319 g/mol. The molecule has 3 rings (SSSR count). The molecule has 1 aromatic rings. The third-order valence-electron chi connectivity index (χ3n) is 4.73. The van der Waals surface area contributed by atoms with Gasteiger partial charge >= 0.3 is 0 Å². The minimum Gasteiger partial charge on any atom is -0.379 e. The van der Waals surface area contributed by atoms with Crippen LogP contribution in [0.5, 0.6) is 0 Å². The van der Waals surface area contributed by atoms with Crippen molar-refractivity contribution >= 4 is 5.91 Å². The lowest BCUT2D eigenvalue weighted by Crippen LogP contribution is -2.42. The van der Waals surface area contributed by atoms with E-state index in [-0.39, 0.29) is 17.0 Å². The Morgan fingerprint density at radius 2 is 2.22 bits per heavy atom. The molecule has 1 atom stereocenters. The molecule has 1 aliphatic heterocycles. The van der Waals surface area contributed by atoms with Crippen LogP contribution in [0, 0.1) is 5.92 Å². The van der Waals surface area contributed by atoms with Gasteiger partial charge in [-0.05, 0) is 36.8 Å². The first-order valence-corrected chi connectivity index (χ1v) is 8.47. The molecule has 0 unspecified atom stereocenters. The van der Waals surface area contributed by atoms with Crippen LogP contribution in [0.1, 0.15) is 35.0 Å². The Morgan fingerprint density at radius 1 is 1.43 bits per heavy atom. The first kappa shape index (κ1) is 16.2. The van der Waals surface area contributed by atoms with E-state index in [0.717, 1.165) is 63.4 Å². The number of pyridine rings is 1. The number of aryl methyl sites for hydroxylation is 1. The lowest BCUT2D eigenvalue weighted by molar-refractivity contribution is 0.0383. The fourth-order valence-corrected chi connectivity index (χ4v) is 3.30. The summed E-state index contributed by atoms with van der Waals surface area (Å²) in [6.45, 7) is 6.82. The molecule has 0 saturated carbocycles. The number of aromatic amines is 1. The second-order valence-electron chi connectivity index (χ2n) is 6.57. The maximum atomic E-state index is 12.3. The topological polar surface area (TPSA) is 74.4 Å². The normalized spacial score (nSPS) is 21.7. The first-order valence-electron chi connectivity index (χ1n) is 8.47. The highest BCUT2D eigenvalue weighted by atomic mass is 16.5. The molecule has 1 fully saturated rings. The van der Waals surface area contributed by atoms with Gasteiger partial charge in [0.1, 0.15) is 5.56 Å². The number of amides is 1. The molecule has 1 saturated heterocycles. The number of carbonyl (C=O) groups excluding carboxylic acids is 1. The largest absolute Gasteiger partial charge is 0.379 e. The second kappa shape index (κ2) is 7.27. The van der Waals surface area contributed by atoms with Gasteiger partial charge in [0.15, 0.2) is 0 Å². The molecular formula is C17H25N3O3. The van der Waals surface area contributed by atoms with Gasteiger partial charge in [-0.25, -0.2) is 0 Å². The Bertz CT molecular complexity index is 620. The highest BCUT2D eigenvalue weighted by Gasteiger charge is 2.20. The molecule has 2 aliphatic rings. The quantitative estimate of drug-likeness (QED) is 0.850. The SMILES string of the molecule is C[C@@H]1CCc2[nH]c(=O)c(C(=O)NCCN3CCOCC3)cc2C1. The first-order chi connectivity index (χ1) is 11.1. The van der Waals surface area contributed by atoms with Gasteiger partial charge in [-0.15, -0.1) is 0 Å². The molecule has 0 spiro atoms. The van der Waals surface area contributed by atoms with Crippen LogP contribution in [-0.2, 0) is 17.6 Å². The number of aromatic nitrogens is 1. The summed E-state index contributed by atoms with van der Waals surface area (Å²) < 4.78 is 5.30. The Labute approximate surface area is 136 Å². The van der Waals surface area contributed by atoms with Crippen molar-refractivity contribution in [1.29, 1.82) is 0 Å². The molecular weight excluding hydrogens is 294 g/mol. The monoisotopic (exact) mass is 319 g/mol. The summed E-state index contributed by atoms with van der Waals surface area (Å²) in [5, 5.41) is 2.86. The van der Waals surface area contributed by atoms with Gasteiger partial charge in [-0.3, -0.25) is 14.5 Å². The van der Waals surface area contributed by atoms with Crippen molar-refractivity contribution in [3.05, 3.63) is 33.2 Å². The van der Waals surface area contributed by atoms with Gasteiger partial charge in [-0.1, -0.05) is 6.92 Å². The van der Waals surface area contributed by atoms with E-state index < -0.39 is 0 Å². The Kier molecular flexibility index (Phi) is 5.13. The predicted molar refractivity (Wildman–Crippen MR) is 87.8 cm³/mol. The van der Waals surface area contributed by atoms with Gasteiger partial charge in [0.05, 0.1) is 13.2 Å². The number of morpholine rings is 1. The number of ether oxygens (including phenoxy) is 1. The summed E-state index contributed by atoms with van der Waals surface area (Å²) in [6.07, 6.45) is 2.92. The van der Waals surface area contributed by atoms with Crippen LogP contribution in [-0.4, -0.2) is 55.2 Å². The van der Waals surface area contributed by atoms with Gasteiger partial charge in [0, 0.05) is 31.9 Å². The Hall–Kier alpha value is -1.66. The Morgan fingerprint density at radius 3 is 3.00 bits per heavy atom. The minimum absolute atomic E-state index is 0.236. The molecule has 23 heavy (non-hydrogen) atoms. The summed E-state index contributed by atoms with van der Waals surface area (Å²) in [6, 6.07) is 1.79. The molecule has 0 radical (unpaired) electrons. The summed E-state index contributed by atoms with van der Waals surface area (Å²) in [5.74, 6) is 0.325. The maximum Gasteiger partial charge on any atom is 0.261 e. The van der Waals surface area contributed by atoms with E-state index in [1.54, 1.807) is 6.07 Å². The molecule has 0 aromatic carbocycles. The van der Waals surface area contributed by atoms with Crippen molar-refractivity contribution in [2.75, 3.05) is 39.4 Å². The molecule has 2 heterocycles. The van der Waals surface area contributed by atoms with Gasteiger partial charge < -0.3 is 15.0 Å². The number of fused-ring (bicyclic) bond motifs is 1. The molecule has 6 nitrogen and oxygen atoms in total. The molecule has 0 bridgehead atoms. The average Bonchev–Trinajstić information content (AvgIpc) is 2.55. The van der Waals surface area contributed by atoms with Crippen LogP contribution < -0.4 is 10.9 Å². The Balaban J connectivity index is 1.60. The van der Waals surface area contributed by atoms with Gasteiger partial charge in [-0.2, -0.15) is 0 Å². The van der Waals surface area contributed by atoms with Crippen LogP contribution >= 0.6 is 0 Å². The number of rotatable bonds is 4. The highest BCUT2D eigenvalue weighted by Crippen LogP contribution is 2.23. The van der Waals surface area contributed by atoms with Crippen LogP contribution in [0.25, 0.3) is 0 Å². The van der Waals surface area contributed by atoms with Gasteiger partial charge in [0.25, 0.3) is 11.5 Å². The van der Waals surface area contributed by atoms with Crippen molar-refractivity contribution in [2.45, 2.75) is 26.2 Å². The second-order valence-corrected chi connectivity index (χ2v) is 6.57. The zero-order valence-electron chi connectivity index (χ0n) is 13.7. The molecule has 126 valence electrons. The van der Waals surface area contributed by atoms with Crippen LogP contribution in [0.2, 0.25) is 0 Å². The van der Waals surface area contributed by atoms with Crippen molar-refractivity contribution in [3.8, 4) is 0 Å². The fraction of sp³-hybridized carbons (Fsp3) is 0.647. The zero-order chi connectivity index (χ0) is 16.2. The standard InChI is InChI=1S/C17H25N3O3/c1-12-2-3-15-13(10-12)11-14(17(22)19-15)16(21)18-4-5-20-6-8-23-9-7-20/h11-12H,2-10H2,1H3,(H,18,21)(H,19,22)/t12-/m1/s1. The zero-order valence-corrected chi connectivity index (χ0v) is 13.7. The summed E-state index contributed by atoms with van der Waals surface area (Å²) in [7, 11) is 0. The molecule has 1 aliphatic carbocycles. The molecule has 6 heteroatoms. The number of nitrogens with one attached hydrogen (secondary N) is 2. The smallest absolute Gasteiger partial charge is 0.261 e. The van der Waals surface area contributed by atoms with Crippen LogP contribution in [0.15, 0.2) is 10.9 Å². The van der Waals surface area contributed by atoms with Crippen molar-refractivity contribution in [3.63, 3.8) is 0 Å². The third-order valence-corrected chi connectivity index (χ3v) is 4.73. The molecule has 1 aromatic heterocycles. The summed E-state index contributed by atoms with van der Waals surface area (Å²) in [4.78, 5) is 29.6. The van der Waals surface area contributed by atoms with E-state index in [4.69, 9.17) is 4.74 Å². The van der Waals surface area contributed by atoms with E-state index in [9.17, 15) is 9.59 Å². The number of hydrogen-bond donors (Lipinski definition) is 2. The van der Waals surface area contributed by atoms with Crippen molar-refractivity contribution in [1.82, 2.24) is 15.2 Å². The van der Waals surface area contributed by atoms with E-state index in [1.165, 1.54) is 0 Å². The minimum atomic E-state index is -0.277. The lowest BCUT2D eigenvalue weighted by Gasteiger charge is -2.26. The van der Waals surface area contributed by atoms with E-state index >= 15 is 0 Å². The number of hydrogen-bond acceptors (Lipinski definition) is 4. The molecule has 2 N–H and O–H groups in total. The molecule has 1 amide bonds. The predicted octanol–water partition coefficient (Wildman–Crippen LogP) is 0.562.